The lowest BCUT2D eigenvalue weighted by Gasteiger charge is -2.05. The number of aromatic hydroxyl groups is 1. The van der Waals surface area contributed by atoms with Crippen molar-refractivity contribution in [3.05, 3.63) is 46.1 Å². The summed E-state index contributed by atoms with van der Waals surface area (Å²) >= 11 is 3.25. The van der Waals surface area contributed by atoms with Gasteiger partial charge in [-0.3, -0.25) is 4.79 Å². The number of phenolic OH excluding ortho intramolecular Hbond substituents is 1. The summed E-state index contributed by atoms with van der Waals surface area (Å²) in [6.45, 7) is 2.15. The van der Waals surface area contributed by atoms with E-state index >= 15 is 0 Å². The van der Waals surface area contributed by atoms with E-state index in [0.29, 0.717) is 5.89 Å². The normalized spacial score (nSPS) is 10.4. The summed E-state index contributed by atoms with van der Waals surface area (Å²) < 4.78 is 6.10. The smallest absolute Gasteiger partial charge is 0.255 e. The Labute approximate surface area is 118 Å². The summed E-state index contributed by atoms with van der Waals surface area (Å²) in [5.74, 6) is 0.770. The number of carbonyl (C=O) groups excluding carboxylic acids is 1. The van der Waals surface area contributed by atoms with Gasteiger partial charge in [-0.1, -0.05) is 22.9 Å². The molecule has 6 heteroatoms. The molecule has 0 spiro atoms. The van der Waals surface area contributed by atoms with Gasteiger partial charge in [0.05, 0.1) is 18.3 Å². The highest BCUT2D eigenvalue weighted by molar-refractivity contribution is 9.10. The second-order valence-electron chi connectivity index (χ2n) is 3.92. The van der Waals surface area contributed by atoms with Gasteiger partial charge < -0.3 is 14.8 Å². The van der Waals surface area contributed by atoms with Crippen LogP contribution in [-0.2, 0) is 13.0 Å². The Morgan fingerprint density at radius 1 is 1.53 bits per heavy atom. The van der Waals surface area contributed by atoms with Crippen LogP contribution in [0, 0.1) is 0 Å². The molecule has 0 saturated heterocycles. The third kappa shape index (κ3) is 3.35. The van der Waals surface area contributed by atoms with E-state index in [0.717, 1.165) is 16.7 Å². The van der Waals surface area contributed by atoms with Crippen LogP contribution in [0.2, 0.25) is 0 Å². The largest absolute Gasteiger partial charge is 0.507 e. The minimum Gasteiger partial charge on any atom is -0.507 e. The zero-order valence-corrected chi connectivity index (χ0v) is 11.9. The van der Waals surface area contributed by atoms with Crippen molar-refractivity contribution in [2.45, 2.75) is 19.9 Å². The van der Waals surface area contributed by atoms with Gasteiger partial charge in [-0.2, -0.15) is 0 Å². The van der Waals surface area contributed by atoms with Gasteiger partial charge in [0, 0.05) is 10.9 Å². The molecule has 0 bridgehead atoms. The van der Waals surface area contributed by atoms with Crippen molar-refractivity contribution >= 4 is 21.8 Å². The van der Waals surface area contributed by atoms with Crippen molar-refractivity contribution in [2.75, 3.05) is 0 Å². The molecule has 0 unspecified atom stereocenters. The standard InChI is InChI=1S/C13H13BrN2O3/c1-2-9-6-15-12(19-9)7-16-13(18)10-5-8(14)3-4-11(10)17/h3-6,17H,2,7H2,1H3,(H,16,18). The van der Waals surface area contributed by atoms with E-state index < -0.39 is 0 Å². The molecule has 0 aliphatic carbocycles. The van der Waals surface area contributed by atoms with Crippen LogP contribution in [0.4, 0.5) is 0 Å². The maximum Gasteiger partial charge on any atom is 0.255 e. The van der Waals surface area contributed by atoms with E-state index in [-0.39, 0.29) is 23.8 Å². The molecule has 0 radical (unpaired) electrons. The maximum absolute atomic E-state index is 11.9. The van der Waals surface area contributed by atoms with Gasteiger partial charge in [0.15, 0.2) is 0 Å². The molecule has 2 rings (SSSR count). The quantitative estimate of drug-likeness (QED) is 0.906. The molecule has 2 aromatic rings. The number of rotatable bonds is 4. The summed E-state index contributed by atoms with van der Waals surface area (Å²) in [7, 11) is 0. The van der Waals surface area contributed by atoms with Crippen molar-refractivity contribution in [1.29, 1.82) is 0 Å². The topological polar surface area (TPSA) is 75.4 Å². The van der Waals surface area contributed by atoms with Crippen LogP contribution < -0.4 is 5.32 Å². The molecular formula is C13H13BrN2O3. The Balaban J connectivity index is 2.03. The average molecular weight is 325 g/mol. The fraction of sp³-hybridized carbons (Fsp3) is 0.231. The first-order valence-corrected chi connectivity index (χ1v) is 6.59. The van der Waals surface area contributed by atoms with Crippen molar-refractivity contribution in [2.24, 2.45) is 0 Å². The van der Waals surface area contributed by atoms with Crippen LogP contribution in [0.15, 0.2) is 33.3 Å². The number of oxazole rings is 1. The summed E-state index contributed by atoms with van der Waals surface area (Å²) in [6, 6.07) is 4.67. The highest BCUT2D eigenvalue weighted by Crippen LogP contribution is 2.21. The van der Waals surface area contributed by atoms with Gasteiger partial charge in [-0.15, -0.1) is 0 Å². The highest BCUT2D eigenvalue weighted by atomic mass is 79.9. The molecule has 19 heavy (non-hydrogen) atoms. The molecule has 2 N–H and O–H groups in total. The van der Waals surface area contributed by atoms with Crippen molar-refractivity contribution < 1.29 is 14.3 Å². The van der Waals surface area contributed by atoms with Crippen LogP contribution in [0.25, 0.3) is 0 Å². The molecule has 0 saturated carbocycles. The number of aryl methyl sites for hydroxylation is 1. The number of nitrogens with one attached hydrogen (secondary N) is 1. The van der Waals surface area contributed by atoms with Gasteiger partial charge in [-0.05, 0) is 18.2 Å². The fourth-order valence-corrected chi connectivity index (χ4v) is 1.90. The third-order valence-electron chi connectivity index (χ3n) is 2.55. The minimum atomic E-state index is -0.380. The molecule has 0 aliphatic rings. The summed E-state index contributed by atoms with van der Waals surface area (Å²) in [5, 5.41) is 12.3. The molecule has 1 aromatic heterocycles. The van der Waals surface area contributed by atoms with E-state index in [2.05, 4.69) is 26.2 Å². The first-order valence-electron chi connectivity index (χ1n) is 5.80. The first-order chi connectivity index (χ1) is 9.10. The van der Waals surface area contributed by atoms with E-state index in [1.807, 2.05) is 6.92 Å². The molecule has 1 aromatic carbocycles. The Kier molecular flexibility index (Phi) is 4.21. The first kappa shape index (κ1) is 13.6. The van der Waals surface area contributed by atoms with Gasteiger partial charge >= 0.3 is 0 Å². The lowest BCUT2D eigenvalue weighted by Crippen LogP contribution is -2.23. The van der Waals surface area contributed by atoms with Crippen LogP contribution in [-0.4, -0.2) is 16.0 Å². The summed E-state index contributed by atoms with van der Waals surface area (Å²) in [6.07, 6.45) is 2.39. The lowest BCUT2D eigenvalue weighted by molar-refractivity contribution is 0.0944. The second kappa shape index (κ2) is 5.88. The lowest BCUT2D eigenvalue weighted by atomic mass is 10.2. The zero-order chi connectivity index (χ0) is 13.8. The summed E-state index contributed by atoms with van der Waals surface area (Å²) in [4.78, 5) is 15.9. The molecule has 100 valence electrons. The number of hydrogen-bond donors (Lipinski definition) is 2. The second-order valence-corrected chi connectivity index (χ2v) is 4.83. The maximum atomic E-state index is 11.9. The molecule has 1 amide bonds. The fourth-order valence-electron chi connectivity index (χ4n) is 1.53. The van der Waals surface area contributed by atoms with Crippen molar-refractivity contribution in [3.63, 3.8) is 0 Å². The minimum absolute atomic E-state index is 0.0673. The third-order valence-corrected chi connectivity index (χ3v) is 3.05. The van der Waals surface area contributed by atoms with Crippen LogP contribution in [0.3, 0.4) is 0 Å². The average Bonchev–Trinajstić information content (AvgIpc) is 2.87. The Morgan fingerprint density at radius 3 is 3.00 bits per heavy atom. The number of benzene rings is 1. The monoisotopic (exact) mass is 324 g/mol. The Hall–Kier alpha value is -1.82. The highest BCUT2D eigenvalue weighted by Gasteiger charge is 2.12. The number of phenols is 1. The van der Waals surface area contributed by atoms with Crippen LogP contribution in [0.1, 0.15) is 28.9 Å². The van der Waals surface area contributed by atoms with Gasteiger partial charge in [-0.25, -0.2) is 4.98 Å². The molecule has 0 fully saturated rings. The Bertz CT molecular complexity index is 595. The number of nitrogens with zero attached hydrogens (tertiary/aromatic N) is 1. The van der Waals surface area contributed by atoms with Crippen LogP contribution >= 0.6 is 15.9 Å². The Morgan fingerprint density at radius 2 is 2.32 bits per heavy atom. The number of hydrogen-bond acceptors (Lipinski definition) is 4. The number of halogens is 1. The van der Waals surface area contributed by atoms with E-state index in [1.165, 1.54) is 6.07 Å². The molecular weight excluding hydrogens is 312 g/mol. The predicted molar refractivity (Wildman–Crippen MR) is 72.9 cm³/mol. The van der Waals surface area contributed by atoms with Crippen molar-refractivity contribution in [3.8, 4) is 5.75 Å². The molecule has 1 heterocycles. The molecule has 0 aliphatic heterocycles. The van der Waals surface area contributed by atoms with E-state index in [1.54, 1.807) is 18.3 Å². The van der Waals surface area contributed by atoms with Gasteiger partial charge in [0.1, 0.15) is 11.5 Å². The number of aromatic nitrogens is 1. The molecule has 5 nitrogen and oxygen atoms in total. The predicted octanol–water partition coefficient (Wildman–Crippen LogP) is 2.64. The zero-order valence-electron chi connectivity index (χ0n) is 10.3. The van der Waals surface area contributed by atoms with Gasteiger partial charge in [0.2, 0.25) is 5.89 Å². The number of amides is 1. The van der Waals surface area contributed by atoms with Crippen molar-refractivity contribution in [1.82, 2.24) is 10.3 Å². The summed E-state index contributed by atoms with van der Waals surface area (Å²) in [5.41, 5.74) is 0.205. The van der Waals surface area contributed by atoms with Crippen LogP contribution in [0.5, 0.6) is 5.75 Å². The number of carbonyl (C=O) groups is 1. The SMILES string of the molecule is CCc1cnc(CNC(=O)c2cc(Br)ccc2O)o1. The van der Waals surface area contributed by atoms with E-state index in [4.69, 9.17) is 4.42 Å². The van der Waals surface area contributed by atoms with Gasteiger partial charge in [0.25, 0.3) is 5.91 Å². The molecule has 0 atom stereocenters. The van der Waals surface area contributed by atoms with E-state index in [9.17, 15) is 9.90 Å².